The number of aromatic nitrogens is 4. The third-order valence-electron chi connectivity index (χ3n) is 12.6. The lowest BCUT2D eigenvalue weighted by Gasteiger charge is -2.12. The van der Waals surface area contributed by atoms with E-state index >= 15 is 0 Å². The predicted molar refractivity (Wildman–Crippen MR) is 250 cm³/mol. The van der Waals surface area contributed by atoms with Gasteiger partial charge in [0.05, 0.1) is 43.5 Å². The van der Waals surface area contributed by atoms with Crippen molar-refractivity contribution < 1.29 is 0 Å². The van der Waals surface area contributed by atoms with Crippen LogP contribution in [0.2, 0.25) is 0 Å². The Bertz CT molecular complexity index is 4070. The van der Waals surface area contributed by atoms with Gasteiger partial charge >= 0.3 is 0 Å². The molecule has 0 fully saturated rings. The highest BCUT2D eigenvalue weighted by atomic mass is 32.1. The molecule has 0 saturated heterocycles. The lowest BCUT2D eigenvalue weighted by atomic mass is 10.0. The standard InChI is InChI=1S/C54H30N4S/c1-2-13-34-29-35(22-21-31(34)11-1)54-55-48(53-49(56-54)40-17-7-10-20-46(40)59-53)33-23-26-36(27-24-33)57-44-18-8-5-15-38(44)42-30-43-39-16-6-9-19-45(39)58-50-37-14-4-3-12-32(37)25-28-41(50)47(51(42)57)52(43)58/h1-30H. The van der Waals surface area contributed by atoms with Gasteiger partial charge in [-0.05, 0) is 58.6 Å². The van der Waals surface area contributed by atoms with E-state index in [0.717, 1.165) is 43.9 Å². The molecule has 9 aromatic carbocycles. The highest BCUT2D eigenvalue weighted by Gasteiger charge is 2.25. The van der Waals surface area contributed by atoms with Crippen LogP contribution in [0.15, 0.2) is 182 Å². The quantitative estimate of drug-likeness (QED) is 0.179. The number of hydrogen-bond donors (Lipinski definition) is 0. The van der Waals surface area contributed by atoms with E-state index in [1.54, 1.807) is 11.3 Å². The van der Waals surface area contributed by atoms with E-state index in [1.807, 2.05) is 0 Å². The van der Waals surface area contributed by atoms with Gasteiger partial charge in [-0.3, -0.25) is 0 Å². The maximum atomic E-state index is 5.36. The van der Waals surface area contributed by atoms with Crippen LogP contribution in [0.4, 0.5) is 0 Å². The lowest BCUT2D eigenvalue weighted by molar-refractivity contribution is 1.18. The van der Waals surface area contributed by atoms with Gasteiger partial charge < -0.3 is 8.97 Å². The van der Waals surface area contributed by atoms with Gasteiger partial charge in [0.15, 0.2) is 5.82 Å². The summed E-state index contributed by atoms with van der Waals surface area (Å²) in [4.78, 5) is 10.6. The van der Waals surface area contributed by atoms with Crippen molar-refractivity contribution in [3.8, 4) is 28.3 Å². The van der Waals surface area contributed by atoms with Gasteiger partial charge in [0, 0.05) is 64.6 Å². The van der Waals surface area contributed by atoms with Crippen LogP contribution >= 0.6 is 11.3 Å². The molecular weight excluding hydrogens is 737 g/mol. The largest absolute Gasteiger partial charge is 0.309 e. The highest BCUT2D eigenvalue weighted by Crippen LogP contribution is 2.48. The summed E-state index contributed by atoms with van der Waals surface area (Å²) in [5, 5.41) is 13.7. The summed E-state index contributed by atoms with van der Waals surface area (Å²) in [6.07, 6.45) is 0. The van der Waals surface area contributed by atoms with E-state index < -0.39 is 0 Å². The minimum absolute atomic E-state index is 0.738. The van der Waals surface area contributed by atoms with Crippen molar-refractivity contribution >= 4 is 113 Å². The lowest BCUT2D eigenvalue weighted by Crippen LogP contribution is -1.96. The Labute approximate surface area is 340 Å². The molecule has 0 amide bonds. The van der Waals surface area contributed by atoms with Crippen LogP contribution in [-0.2, 0) is 0 Å². The van der Waals surface area contributed by atoms with Crippen molar-refractivity contribution in [1.29, 1.82) is 0 Å². The van der Waals surface area contributed by atoms with Gasteiger partial charge in [-0.1, -0.05) is 140 Å². The fourth-order valence-corrected chi connectivity index (χ4v) is 11.2. The molecule has 5 heterocycles. The molecule has 0 atom stereocenters. The molecule has 0 unspecified atom stereocenters. The summed E-state index contributed by atoms with van der Waals surface area (Å²) in [5.41, 5.74) is 11.4. The molecule has 0 aliphatic rings. The number of benzene rings is 9. The number of hydrogen-bond acceptors (Lipinski definition) is 3. The molecule has 14 rings (SSSR count). The van der Waals surface area contributed by atoms with Crippen molar-refractivity contribution in [2.45, 2.75) is 0 Å². The molecule has 5 heteroatoms. The summed E-state index contributed by atoms with van der Waals surface area (Å²) < 4.78 is 7.34. The fourth-order valence-electron chi connectivity index (χ4n) is 10.0. The summed E-state index contributed by atoms with van der Waals surface area (Å²) in [6.45, 7) is 0. The average molecular weight is 767 g/mol. The number of fused-ring (bicyclic) bond motifs is 16. The number of nitrogens with zero attached hydrogens (tertiary/aromatic N) is 4. The number of rotatable bonds is 3. The fraction of sp³-hybridized carbons (Fsp3) is 0. The van der Waals surface area contributed by atoms with Crippen LogP contribution in [0.1, 0.15) is 0 Å². The Balaban J connectivity index is 1.04. The first kappa shape index (κ1) is 31.5. The zero-order valence-electron chi connectivity index (χ0n) is 31.5. The molecule has 0 spiro atoms. The highest BCUT2D eigenvalue weighted by molar-refractivity contribution is 7.26. The van der Waals surface area contributed by atoms with Crippen LogP contribution in [-0.4, -0.2) is 18.9 Å². The van der Waals surface area contributed by atoms with Crippen LogP contribution in [0, 0.1) is 0 Å². The number of para-hydroxylation sites is 2. The summed E-state index contributed by atoms with van der Waals surface area (Å²) in [6, 6.07) is 66.3. The van der Waals surface area contributed by atoms with E-state index in [9.17, 15) is 0 Å². The van der Waals surface area contributed by atoms with Crippen LogP contribution in [0.3, 0.4) is 0 Å². The molecule has 14 aromatic rings. The molecule has 0 radical (unpaired) electrons. The maximum absolute atomic E-state index is 5.36. The van der Waals surface area contributed by atoms with Crippen molar-refractivity contribution in [2.75, 3.05) is 0 Å². The first-order valence-corrected chi connectivity index (χ1v) is 20.9. The summed E-state index contributed by atoms with van der Waals surface area (Å²) in [7, 11) is 0. The Morgan fingerprint density at radius 2 is 1.05 bits per heavy atom. The topological polar surface area (TPSA) is 35.1 Å². The van der Waals surface area contributed by atoms with Gasteiger partial charge in [-0.15, -0.1) is 11.3 Å². The first-order valence-electron chi connectivity index (χ1n) is 20.1. The second kappa shape index (κ2) is 11.5. The molecule has 0 aliphatic carbocycles. The average Bonchev–Trinajstić information content (AvgIpc) is 4.04. The minimum Gasteiger partial charge on any atom is -0.309 e. The van der Waals surface area contributed by atoms with Crippen LogP contribution < -0.4 is 0 Å². The SMILES string of the molecule is c1ccc2cc(-c3nc(-c4ccc(-n5c6ccccc6c6cc7c8ccccc8n8c9c%10ccccc%10ccc9c(c65)c78)cc4)c4sc5ccccc5c4n3)ccc2c1. The summed E-state index contributed by atoms with van der Waals surface area (Å²) in [5.74, 6) is 0.738. The molecule has 0 N–H and O–H groups in total. The van der Waals surface area contributed by atoms with Crippen LogP contribution in [0.25, 0.3) is 130 Å². The smallest absolute Gasteiger partial charge is 0.160 e. The molecule has 0 saturated carbocycles. The van der Waals surface area contributed by atoms with E-state index in [0.29, 0.717) is 0 Å². The molecule has 0 bridgehead atoms. The predicted octanol–water partition coefficient (Wildman–Crippen LogP) is 14.7. The van der Waals surface area contributed by atoms with E-state index in [1.165, 1.54) is 86.1 Å². The van der Waals surface area contributed by atoms with Gasteiger partial charge in [-0.25, -0.2) is 9.97 Å². The Morgan fingerprint density at radius 1 is 0.407 bits per heavy atom. The zero-order valence-corrected chi connectivity index (χ0v) is 32.3. The first-order chi connectivity index (χ1) is 29.3. The van der Waals surface area contributed by atoms with Gasteiger partial charge in [0.25, 0.3) is 0 Å². The van der Waals surface area contributed by atoms with Gasteiger partial charge in [0.1, 0.15) is 0 Å². The van der Waals surface area contributed by atoms with Gasteiger partial charge in [-0.2, -0.15) is 0 Å². The maximum Gasteiger partial charge on any atom is 0.160 e. The monoisotopic (exact) mass is 766 g/mol. The Kier molecular flexibility index (Phi) is 6.14. The zero-order chi connectivity index (χ0) is 38.3. The van der Waals surface area contributed by atoms with Crippen molar-refractivity contribution in [3.05, 3.63) is 182 Å². The Morgan fingerprint density at radius 3 is 1.90 bits per heavy atom. The van der Waals surface area contributed by atoms with E-state index in [2.05, 4.69) is 191 Å². The second-order valence-corrected chi connectivity index (χ2v) is 16.8. The third-order valence-corrected chi connectivity index (χ3v) is 13.8. The van der Waals surface area contributed by atoms with Crippen molar-refractivity contribution in [3.63, 3.8) is 0 Å². The molecule has 4 nitrogen and oxygen atoms in total. The molecule has 272 valence electrons. The summed E-state index contributed by atoms with van der Waals surface area (Å²) >= 11 is 1.77. The van der Waals surface area contributed by atoms with E-state index in [-0.39, 0.29) is 0 Å². The van der Waals surface area contributed by atoms with Crippen molar-refractivity contribution in [1.82, 2.24) is 18.9 Å². The normalized spacial score (nSPS) is 12.4. The van der Waals surface area contributed by atoms with Crippen molar-refractivity contribution in [2.24, 2.45) is 0 Å². The number of thiophene rings is 1. The Hall–Kier alpha value is -7.60. The third kappa shape index (κ3) is 4.21. The molecule has 0 aliphatic heterocycles. The second-order valence-electron chi connectivity index (χ2n) is 15.7. The van der Waals surface area contributed by atoms with Gasteiger partial charge in [0.2, 0.25) is 0 Å². The molecule has 5 aromatic heterocycles. The molecular formula is C54H30N4S. The van der Waals surface area contributed by atoms with E-state index in [4.69, 9.17) is 9.97 Å². The van der Waals surface area contributed by atoms with Crippen LogP contribution in [0.5, 0.6) is 0 Å². The minimum atomic E-state index is 0.738. The molecule has 59 heavy (non-hydrogen) atoms.